The molecule has 0 spiro atoms. The Kier molecular flexibility index (Phi) is 6.03. The zero-order valence-corrected chi connectivity index (χ0v) is 19.7. The average Bonchev–Trinajstić information content (AvgIpc) is 3.44. The van der Waals surface area contributed by atoms with E-state index in [0.717, 1.165) is 59.8 Å². The molecule has 166 valence electrons. The summed E-state index contributed by atoms with van der Waals surface area (Å²) in [6.45, 7) is 2.06. The molecule has 0 atom stereocenters. The van der Waals surface area contributed by atoms with Crippen molar-refractivity contribution in [1.29, 1.82) is 0 Å². The van der Waals surface area contributed by atoms with Crippen molar-refractivity contribution in [2.24, 2.45) is 0 Å². The first-order chi connectivity index (χ1) is 15.6. The van der Waals surface area contributed by atoms with Crippen LogP contribution in [0, 0.1) is 0 Å². The Morgan fingerprint density at radius 3 is 2.84 bits per heavy atom. The molecule has 2 N–H and O–H groups in total. The number of rotatable bonds is 5. The molecule has 0 fully saturated rings. The minimum atomic E-state index is -0.227. The molecule has 1 aliphatic carbocycles. The van der Waals surface area contributed by atoms with E-state index in [1.165, 1.54) is 33.5 Å². The number of benzene rings is 1. The minimum Gasteiger partial charge on any atom is -0.467 e. The molecule has 5 rings (SSSR count). The van der Waals surface area contributed by atoms with Gasteiger partial charge < -0.3 is 15.0 Å². The molecule has 0 saturated heterocycles. The molecule has 0 unspecified atom stereocenters. The number of methoxy groups -OCH3 is 1. The quantitative estimate of drug-likeness (QED) is 0.537. The van der Waals surface area contributed by atoms with Gasteiger partial charge in [0.05, 0.1) is 17.0 Å². The summed E-state index contributed by atoms with van der Waals surface area (Å²) in [5, 5.41) is 3.12. The van der Waals surface area contributed by atoms with Crippen molar-refractivity contribution in [3.63, 3.8) is 0 Å². The van der Waals surface area contributed by atoms with Crippen molar-refractivity contribution in [1.82, 2.24) is 19.6 Å². The van der Waals surface area contributed by atoms with Crippen molar-refractivity contribution in [2.45, 2.75) is 36.4 Å². The van der Waals surface area contributed by atoms with Crippen molar-refractivity contribution in [3.05, 3.63) is 52.2 Å². The lowest BCUT2D eigenvalue weighted by Crippen LogP contribution is -2.25. The van der Waals surface area contributed by atoms with Crippen LogP contribution < -0.4 is 14.8 Å². The van der Waals surface area contributed by atoms with Crippen LogP contribution in [-0.4, -0.2) is 41.6 Å². The standard InChI is InChI=1S/C23H25N5O2S2/c1-28-9-8-19-15(13-28)10-20(31-19)32-27-22(29)26-21-17-5-3-4-14(17)6-7-18(21)16-11-24-23(30-2)25-12-16/h6-7,10-12H,3-5,8-9,13H2,1-2H3,(H2,26,27,29). The van der Waals surface area contributed by atoms with Gasteiger partial charge in [0.25, 0.3) is 0 Å². The highest BCUT2D eigenvalue weighted by Gasteiger charge is 2.21. The number of hydrogen-bond donors (Lipinski definition) is 2. The van der Waals surface area contributed by atoms with Gasteiger partial charge in [0.2, 0.25) is 0 Å². The largest absolute Gasteiger partial charge is 0.467 e. The van der Waals surface area contributed by atoms with Gasteiger partial charge in [-0.1, -0.05) is 12.1 Å². The molecule has 32 heavy (non-hydrogen) atoms. The van der Waals surface area contributed by atoms with E-state index in [2.05, 4.69) is 44.1 Å². The predicted octanol–water partition coefficient (Wildman–Crippen LogP) is 4.52. The Labute approximate surface area is 195 Å². The maximum Gasteiger partial charge on any atom is 0.329 e. The third-order valence-electron chi connectivity index (χ3n) is 5.92. The zero-order valence-electron chi connectivity index (χ0n) is 18.1. The number of hydrogen-bond acceptors (Lipinski definition) is 7. The number of nitrogens with zero attached hydrogens (tertiary/aromatic N) is 3. The first-order valence-corrected chi connectivity index (χ1v) is 12.3. The fraction of sp³-hybridized carbons (Fsp3) is 0.348. The van der Waals surface area contributed by atoms with Crippen molar-refractivity contribution < 1.29 is 9.53 Å². The van der Waals surface area contributed by atoms with Gasteiger partial charge in [0.1, 0.15) is 0 Å². The Balaban J connectivity index is 1.34. The number of thiophene rings is 1. The van der Waals surface area contributed by atoms with Gasteiger partial charge in [-0.05, 0) is 67.4 Å². The molecule has 3 aromatic rings. The van der Waals surface area contributed by atoms with E-state index < -0.39 is 0 Å². The molecule has 0 radical (unpaired) electrons. The number of urea groups is 1. The summed E-state index contributed by atoms with van der Waals surface area (Å²) in [7, 11) is 3.69. The van der Waals surface area contributed by atoms with Crippen molar-refractivity contribution >= 4 is 35.0 Å². The van der Waals surface area contributed by atoms with Gasteiger partial charge in [0, 0.05) is 41.5 Å². The second kappa shape index (κ2) is 9.09. The number of aromatic nitrogens is 2. The third kappa shape index (κ3) is 4.32. The number of fused-ring (bicyclic) bond motifs is 2. The Hall–Kier alpha value is -2.62. The van der Waals surface area contributed by atoms with Gasteiger partial charge in [0.15, 0.2) is 0 Å². The van der Waals surface area contributed by atoms with Crippen LogP contribution in [-0.2, 0) is 25.8 Å². The van der Waals surface area contributed by atoms with E-state index in [1.54, 1.807) is 30.8 Å². The summed E-state index contributed by atoms with van der Waals surface area (Å²) in [5.41, 5.74) is 6.48. The summed E-state index contributed by atoms with van der Waals surface area (Å²) in [6, 6.07) is 6.48. The molecule has 2 amide bonds. The van der Waals surface area contributed by atoms with E-state index in [1.807, 2.05) is 6.07 Å². The molecule has 0 bridgehead atoms. The highest BCUT2D eigenvalue weighted by atomic mass is 32.2. The lowest BCUT2D eigenvalue weighted by Gasteiger charge is -2.21. The number of ether oxygens (including phenoxy) is 1. The van der Waals surface area contributed by atoms with Crippen molar-refractivity contribution in [3.8, 4) is 17.1 Å². The molecule has 1 aliphatic heterocycles. The van der Waals surface area contributed by atoms with E-state index in [9.17, 15) is 4.79 Å². The van der Waals surface area contributed by atoms with Gasteiger partial charge >= 0.3 is 12.0 Å². The van der Waals surface area contributed by atoms with Crippen LogP contribution in [0.15, 0.2) is 34.8 Å². The maximum absolute atomic E-state index is 12.9. The topological polar surface area (TPSA) is 79.4 Å². The van der Waals surface area contributed by atoms with Crippen LogP contribution in [0.2, 0.25) is 0 Å². The van der Waals surface area contributed by atoms with Crippen LogP contribution in [0.25, 0.3) is 11.1 Å². The Bertz CT molecular complexity index is 1150. The predicted molar refractivity (Wildman–Crippen MR) is 128 cm³/mol. The van der Waals surface area contributed by atoms with E-state index >= 15 is 0 Å². The molecule has 9 heteroatoms. The summed E-state index contributed by atoms with van der Waals surface area (Å²) >= 11 is 3.15. The zero-order chi connectivity index (χ0) is 22.1. The highest BCUT2D eigenvalue weighted by Crippen LogP contribution is 2.38. The Morgan fingerprint density at radius 2 is 2.03 bits per heavy atom. The first-order valence-electron chi connectivity index (χ1n) is 10.7. The fourth-order valence-electron chi connectivity index (χ4n) is 4.34. The van der Waals surface area contributed by atoms with Gasteiger partial charge in [-0.3, -0.25) is 4.72 Å². The van der Waals surface area contributed by atoms with Crippen LogP contribution in [0.5, 0.6) is 6.01 Å². The van der Waals surface area contributed by atoms with E-state index in [4.69, 9.17) is 4.74 Å². The smallest absolute Gasteiger partial charge is 0.329 e. The average molecular weight is 468 g/mol. The van der Waals surface area contributed by atoms with Crippen LogP contribution in [0.1, 0.15) is 28.0 Å². The van der Waals surface area contributed by atoms with E-state index in [-0.39, 0.29) is 6.03 Å². The number of anilines is 1. The molecule has 1 aromatic carbocycles. The minimum absolute atomic E-state index is 0.227. The number of carbonyl (C=O) groups excluding carboxylic acids is 1. The SMILES string of the molecule is COc1ncc(-c2ccc3c(c2NC(=O)NSc2cc4c(s2)CCN(C)C4)CCC3)cn1. The van der Waals surface area contributed by atoms with Crippen LogP contribution in [0.4, 0.5) is 10.5 Å². The van der Waals surface area contributed by atoms with Gasteiger partial charge in [-0.2, -0.15) is 0 Å². The van der Waals surface area contributed by atoms with E-state index in [0.29, 0.717) is 6.01 Å². The molecule has 7 nitrogen and oxygen atoms in total. The molecular formula is C23H25N5O2S2. The Morgan fingerprint density at radius 1 is 1.19 bits per heavy atom. The van der Waals surface area contributed by atoms with Gasteiger partial charge in [-0.15, -0.1) is 11.3 Å². The van der Waals surface area contributed by atoms with Crippen LogP contribution in [0.3, 0.4) is 0 Å². The second-order valence-corrected chi connectivity index (χ2v) is 10.3. The molecule has 2 aromatic heterocycles. The summed E-state index contributed by atoms with van der Waals surface area (Å²) < 4.78 is 9.16. The summed E-state index contributed by atoms with van der Waals surface area (Å²) in [4.78, 5) is 25.1. The summed E-state index contributed by atoms with van der Waals surface area (Å²) in [6.07, 6.45) is 7.62. The molecule has 0 saturated carbocycles. The first kappa shape index (κ1) is 21.2. The fourth-order valence-corrected chi connectivity index (χ4v) is 6.27. The number of amides is 2. The van der Waals surface area contributed by atoms with Crippen molar-refractivity contribution in [2.75, 3.05) is 26.0 Å². The lowest BCUT2D eigenvalue weighted by atomic mass is 9.99. The number of aryl methyl sites for hydroxylation is 1. The molecule has 2 aliphatic rings. The maximum atomic E-state index is 12.9. The number of carbonyl (C=O) groups is 1. The highest BCUT2D eigenvalue weighted by molar-refractivity contribution is 7.99. The normalized spacial score (nSPS) is 15.2. The summed E-state index contributed by atoms with van der Waals surface area (Å²) in [5.74, 6) is 0. The molecular weight excluding hydrogens is 442 g/mol. The third-order valence-corrected chi connectivity index (χ3v) is 8.06. The number of nitrogens with one attached hydrogen (secondary N) is 2. The second-order valence-electron chi connectivity index (χ2n) is 8.10. The number of likely N-dealkylation sites (N-methyl/N-ethyl adjacent to an activating group) is 1. The van der Waals surface area contributed by atoms with Crippen LogP contribution >= 0.6 is 23.3 Å². The lowest BCUT2D eigenvalue weighted by molar-refractivity contribution is 0.257. The molecule has 3 heterocycles. The van der Waals surface area contributed by atoms with Gasteiger partial charge in [-0.25, -0.2) is 14.8 Å². The monoisotopic (exact) mass is 467 g/mol.